The fraction of sp³-hybridized carbons (Fsp3) is 0.688. The molecule has 2 unspecified atom stereocenters. The lowest BCUT2D eigenvalue weighted by Crippen LogP contribution is -2.53. The summed E-state index contributed by atoms with van der Waals surface area (Å²) in [4.78, 5) is 7.99. The molecule has 3 heterocycles. The van der Waals surface area contributed by atoms with Gasteiger partial charge in [0.25, 0.3) is 0 Å². The number of guanidine groups is 1. The zero-order chi connectivity index (χ0) is 16.1. The van der Waals surface area contributed by atoms with Gasteiger partial charge in [0, 0.05) is 38.2 Å². The van der Waals surface area contributed by atoms with Crippen LogP contribution in [0.5, 0.6) is 0 Å². The highest BCUT2D eigenvalue weighted by atomic mass is 35.5. The smallest absolute Gasteiger partial charge is 0.193 e. The minimum atomic E-state index is 0.154. The van der Waals surface area contributed by atoms with Crippen LogP contribution in [0, 0.1) is 0 Å². The Balaban J connectivity index is 1.49. The van der Waals surface area contributed by atoms with Gasteiger partial charge in [0.1, 0.15) is 6.10 Å². The van der Waals surface area contributed by atoms with Crippen molar-refractivity contribution in [3.63, 3.8) is 0 Å². The van der Waals surface area contributed by atoms with Crippen LogP contribution in [0.2, 0.25) is 4.34 Å². The second-order valence-corrected chi connectivity index (χ2v) is 7.64. The van der Waals surface area contributed by atoms with Gasteiger partial charge < -0.3 is 19.7 Å². The Bertz CT molecular complexity index is 531. The Morgan fingerprint density at radius 1 is 1.39 bits per heavy atom. The van der Waals surface area contributed by atoms with E-state index in [1.807, 2.05) is 13.1 Å². The number of ether oxygens (including phenoxy) is 2. The molecule has 0 saturated carbocycles. The first-order valence-corrected chi connectivity index (χ1v) is 9.38. The first-order valence-electron chi connectivity index (χ1n) is 8.19. The van der Waals surface area contributed by atoms with E-state index in [9.17, 15) is 0 Å². The van der Waals surface area contributed by atoms with Gasteiger partial charge in [-0.15, -0.1) is 11.3 Å². The Kier molecular flexibility index (Phi) is 6.16. The summed E-state index contributed by atoms with van der Waals surface area (Å²) in [6, 6.07) is 4.03. The van der Waals surface area contributed by atoms with Gasteiger partial charge in [-0.1, -0.05) is 11.6 Å². The predicted molar refractivity (Wildman–Crippen MR) is 94.7 cm³/mol. The molecule has 2 fully saturated rings. The lowest BCUT2D eigenvalue weighted by molar-refractivity contribution is -0.0816. The Hall–Kier alpha value is -0.820. The van der Waals surface area contributed by atoms with Crippen LogP contribution in [-0.4, -0.2) is 63.0 Å². The third-order valence-corrected chi connectivity index (χ3v) is 5.56. The lowest BCUT2D eigenvalue weighted by Gasteiger charge is -2.37. The number of halogens is 1. The van der Waals surface area contributed by atoms with Gasteiger partial charge in [-0.2, -0.15) is 0 Å². The van der Waals surface area contributed by atoms with Crippen LogP contribution in [-0.2, 0) is 15.9 Å². The minimum Gasteiger partial charge on any atom is -0.375 e. The summed E-state index contributed by atoms with van der Waals surface area (Å²) in [5.74, 6) is 0.943. The van der Waals surface area contributed by atoms with E-state index >= 15 is 0 Å². The molecule has 0 aliphatic carbocycles. The summed E-state index contributed by atoms with van der Waals surface area (Å²) >= 11 is 7.60. The van der Waals surface area contributed by atoms with E-state index in [0.717, 1.165) is 62.4 Å². The molecule has 1 aromatic heterocycles. The van der Waals surface area contributed by atoms with Crippen molar-refractivity contribution in [3.8, 4) is 0 Å². The zero-order valence-corrected chi connectivity index (χ0v) is 15.0. The molecule has 0 aromatic carbocycles. The second-order valence-electron chi connectivity index (χ2n) is 5.84. The molecule has 2 saturated heterocycles. The maximum atomic E-state index is 5.97. The first-order chi connectivity index (χ1) is 11.3. The first kappa shape index (κ1) is 17.0. The topological polar surface area (TPSA) is 46.1 Å². The molecule has 0 radical (unpaired) electrons. The average Bonchev–Trinajstić information content (AvgIpc) is 3.23. The van der Waals surface area contributed by atoms with Crippen molar-refractivity contribution < 1.29 is 9.47 Å². The molecule has 128 valence electrons. The van der Waals surface area contributed by atoms with Gasteiger partial charge in [0.05, 0.1) is 17.0 Å². The molecule has 1 aromatic rings. The van der Waals surface area contributed by atoms with Gasteiger partial charge >= 0.3 is 0 Å². The molecule has 2 aliphatic heterocycles. The fourth-order valence-electron chi connectivity index (χ4n) is 3.10. The Morgan fingerprint density at radius 2 is 2.26 bits per heavy atom. The zero-order valence-electron chi connectivity index (χ0n) is 13.5. The van der Waals surface area contributed by atoms with Gasteiger partial charge in [-0.3, -0.25) is 4.99 Å². The molecular weight excluding hydrogens is 334 g/mol. The van der Waals surface area contributed by atoms with E-state index < -0.39 is 0 Å². The molecule has 0 amide bonds. The van der Waals surface area contributed by atoms with Gasteiger partial charge in [-0.25, -0.2) is 0 Å². The molecular formula is C16H24ClN3O2S. The summed E-state index contributed by atoms with van der Waals surface area (Å²) in [6.45, 7) is 4.15. The van der Waals surface area contributed by atoms with Crippen molar-refractivity contribution in [2.45, 2.75) is 31.5 Å². The van der Waals surface area contributed by atoms with Crippen molar-refractivity contribution >= 4 is 28.9 Å². The van der Waals surface area contributed by atoms with E-state index in [1.165, 1.54) is 4.88 Å². The molecule has 7 heteroatoms. The number of thiophene rings is 1. The van der Waals surface area contributed by atoms with Crippen molar-refractivity contribution in [3.05, 3.63) is 21.3 Å². The highest BCUT2D eigenvalue weighted by Gasteiger charge is 2.32. The third-order valence-electron chi connectivity index (χ3n) is 4.27. The van der Waals surface area contributed by atoms with Crippen molar-refractivity contribution in [1.82, 2.24) is 10.2 Å². The fourth-order valence-corrected chi connectivity index (χ4v) is 4.19. The summed E-state index contributed by atoms with van der Waals surface area (Å²) in [7, 11) is 1.83. The number of morpholine rings is 1. The minimum absolute atomic E-state index is 0.154. The standard InChI is InChI=1S/C16H24ClN3O2S/c1-18-16(19-7-6-12-4-5-15(17)23-12)20-8-10-22-14(11-20)13-3-2-9-21-13/h4-5,13-14H,2-3,6-11H2,1H3,(H,18,19). The second kappa shape index (κ2) is 8.33. The van der Waals surface area contributed by atoms with Crippen molar-refractivity contribution in [1.29, 1.82) is 0 Å². The van der Waals surface area contributed by atoms with Crippen LogP contribution >= 0.6 is 22.9 Å². The molecule has 5 nitrogen and oxygen atoms in total. The Labute approximate surface area is 146 Å². The summed E-state index contributed by atoms with van der Waals surface area (Å²) in [5.41, 5.74) is 0. The molecule has 2 atom stereocenters. The summed E-state index contributed by atoms with van der Waals surface area (Å²) in [6.07, 6.45) is 3.59. The molecule has 0 bridgehead atoms. The number of hydrogen-bond donors (Lipinski definition) is 1. The van der Waals surface area contributed by atoms with Gasteiger partial charge in [-0.05, 0) is 31.4 Å². The number of nitrogens with zero attached hydrogens (tertiary/aromatic N) is 2. The molecule has 23 heavy (non-hydrogen) atoms. The van der Waals surface area contributed by atoms with Crippen LogP contribution in [0.3, 0.4) is 0 Å². The van der Waals surface area contributed by atoms with E-state index in [2.05, 4.69) is 21.3 Å². The number of rotatable bonds is 4. The number of aliphatic imine (C=N–C) groups is 1. The van der Waals surface area contributed by atoms with Crippen molar-refractivity contribution in [2.75, 3.05) is 39.9 Å². The van der Waals surface area contributed by atoms with Gasteiger partial charge in [0.2, 0.25) is 0 Å². The van der Waals surface area contributed by atoms with E-state index in [4.69, 9.17) is 21.1 Å². The van der Waals surface area contributed by atoms with E-state index in [0.29, 0.717) is 0 Å². The SMILES string of the molecule is CN=C(NCCc1ccc(Cl)s1)N1CCOC(C2CCCO2)C1. The van der Waals surface area contributed by atoms with Crippen LogP contribution in [0.25, 0.3) is 0 Å². The lowest BCUT2D eigenvalue weighted by atomic mass is 10.1. The molecule has 2 aliphatic rings. The van der Waals surface area contributed by atoms with Crippen molar-refractivity contribution in [2.24, 2.45) is 4.99 Å². The quantitative estimate of drug-likeness (QED) is 0.664. The highest BCUT2D eigenvalue weighted by Crippen LogP contribution is 2.22. The van der Waals surface area contributed by atoms with E-state index in [1.54, 1.807) is 11.3 Å². The molecule has 3 rings (SSSR count). The van der Waals surface area contributed by atoms with Crippen LogP contribution in [0.15, 0.2) is 17.1 Å². The van der Waals surface area contributed by atoms with Gasteiger partial charge in [0.15, 0.2) is 5.96 Å². The predicted octanol–water partition coefficient (Wildman–Crippen LogP) is 2.40. The average molecular weight is 358 g/mol. The highest BCUT2D eigenvalue weighted by molar-refractivity contribution is 7.16. The summed E-state index contributed by atoms with van der Waals surface area (Å²) in [5, 5.41) is 3.45. The maximum absolute atomic E-state index is 5.97. The van der Waals surface area contributed by atoms with Crippen LogP contribution in [0.1, 0.15) is 17.7 Å². The largest absolute Gasteiger partial charge is 0.375 e. The number of hydrogen-bond acceptors (Lipinski definition) is 4. The van der Waals surface area contributed by atoms with Crippen LogP contribution in [0.4, 0.5) is 0 Å². The van der Waals surface area contributed by atoms with Crippen LogP contribution < -0.4 is 5.32 Å². The normalized spacial score (nSPS) is 25.8. The number of nitrogens with one attached hydrogen (secondary N) is 1. The summed E-state index contributed by atoms with van der Waals surface area (Å²) < 4.78 is 12.5. The third kappa shape index (κ3) is 4.59. The maximum Gasteiger partial charge on any atom is 0.193 e. The van der Waals surface area contributed by atoms with E-state index in [-0.39, 0.29) is 12.2 Å². The molecule has 1 N–H and O–H groups in total. The molecule has 0 spiro atoms. The monoisotopic (exact) mass is 357 g/mol. The Morgan fingerprint density at radius 3 is 2.96 bits per heavy atom.